The minimum atomic E-state index is -1.77. The van der Waals surface area contributed by atoms with E-state index in [1.54, 1.807) is 0 Å². The second kappa shape index (κ2) is 7.41. The molecule has 1 unspecified atom stereocenters. The first-order valence-electron chi connectivity index (χ1n) is 12.7. The lowest BCUT2D eigenvalue weighted by Gasteiger charge is -2.66. The molecular formula is C25H48O3Si2. The van der Waals surface area contributed by atoms with Gasteiger partial charge in [0.15, 0.2) is 16.6 Å². The third kappa shape index (κ3) is 3.93. The fraction of sp³-hybridized carbons (Fsp3) is 1.00. The molecule has 174 valence electrons. The molecule has 0 saturated heterocycles. The van der Waals surface area contributed by atoms with Crippen LogP contribution in [0.3, 0.4) is 0 Å². The van der Waals surface area contributed by atoms with Crippen molar-refractivity contribution in [1.82, 2.24) is 0 Å². The van der Waals surface area contributed by atoms with Gasteiger partial charge in [-0.25, -0.2) is 0 Å². The maximum atomic E-state index is 12.5. The summed E-state index contributed by atoms with van der Waals surface area (Å²) in [4.78, 5) is 0. The van der Waals surface area contributed by atoms with Gasteiger partial charge < -0.3 is 14.0 Å². The zero-order valence-electron chi connectivity index (χ0n) is 21.0. The summed E-state index contributed by atoms with van der Waals surface area (Å²) in [7, 11) is -3.40. The van der Waals surface area contributed by atoms with E-state index in [0.29, 0.717) is 11.3 Å². The summed E-state index contributed by atoms with van der Waals surface area (Å²) in [5, 5.41) is 12.5. The van der Waals surface area contributed by atoms with Gasteiger partial charge >= 0.3 is 0 Å². The summed E-state index contributed by atoms with van der Waals surface area (Å²) in [6.45, 7) is 18.7. The zero-order valence-corrected chi connectivity index (χ0v) is 23.0. The maximum Gasteiger partial charge on any atom is 0.184 e. The summed E-state index contributed by atoms with van der Waals surface area (Å²) < 4.78 is 13.4. The molecule has 0 heterocycles. The molecule has 5 heteroatoms. The van der Waals surface area contributed by atoms with Crippen molar-refractivity contribution in [2.45, 2.75) is 129 Å². The Bertz CT molecular complexity index is 656. The van der Waals surface area contributed by atoms with Gasteiger partial charge in [-0.15, -0.1) is 0 Å². The fourth-order valence-corrected chi connectivity index (χ4v) is 10.7. The molecule has 0 aromatic carbocycles. The van der Waals surface area contributed by atoms with Gasteiger partial charge in [-0.3, -0.25) is 0 Å². The van der Waals surface area contributed by atoms with Crippen molar-refractivity contribution in [3.8, 4) is 0 Å². The van der Waals surface area contributed by atoms with Crippen LogP contribution in [0.2, 0.25) is 39.3 Å². The van der Waals surface area contributed by atoms with E-state index >= 15 is 0 Å². The normalized spacial score (nSPS) is 49.3. The van der Waals surface area contributed by atoms with Gasteiger partial charge in [0.05, 0.1) is 11.7 Å². The molecule has 4 aliphatic carbocycles. The highest BCUT2D eigenvalue weighted by molar-refractivity contribution is 6.70. The summed E-state index contributed by atoms with van der Waals surface area (Å²) in [5.74, 6) is 2.21. The molecule has 4 rings (SSSR count). The molecule has 0 aromatic heterocycles. The summed E-state index contributed by atoms with van der Waals surface area (Å²) >= 11 is 0. The molecule has 4 fully saturated rings. The third-order valence-corrected chi connectivity index (χ3v) is 11.6. The van der Waals surface area contributed by atoms with Crippen LogP contribution in [0.1, 0.15) is 71.6 Å². The van der Waals surface area contributed by atoms with Crippen molar-refractivity contribution in [3.63, 3.8) is 0 Å². The molecule has 0 bridgehead atoms. The number of hydrogen-bond acceptors (Lipinski definition) is 3. The highest BCUT2D eigenvalue weighted by Crippen LogP contribution is 2.68. The first kappa shape index (κ1) is 23.5. The summed E-state index contributed by atoms with van der Waals surface area (Å²) in [5.41, 5.74) is -0.248. The molecule has 0 aliphatic heterocycles. The molecule has 0 aromatic rings. The minimum absolute atomic E-state index is 0.0219. The van der Waals surface area contributed by atoms with Crippen molar-refractivity contribution in [2.75, 3.05) is 0 Å². The molecule has 0 radical (unpaired) electrons. The highest BCUT2D eigenvalue weighted by atomic mass is 28.4. The van der Waals surface area contributed by atoms with E-state index in [-0.39, 0.29) is 17.6 Å². The van der Waals surface area contributed by atoms with Gasteiger partial charge in [0, 0.05) is 17.9 Å². The van der Waals surface area contributed by atoms with Crippen molar-refractivity contribution in [3.05, 3.63) is 0 Å². The summed E-state index contributed by atoms with van der Waals surface area (Å²) in [6.07, 6.45) is 11.1. The van der Waals surface area contributed by atoms with E-state index in [1.807, 2.05) is 0 Å². The first-order chi connectivity index (χ1) is 13.7. The lowest BCUT2D eigenvalue weighted by molar-refractivity contribution is -0.258. The average Bonchev–Trinajstić information content (AvgIpc) is 2.96. The van der Waals surface area contributed by atoms with Crippen molar-refractivity contribution < 1.29 is 14.0 Å². The standard InChI is InChI=1S/C25H48O3Si2/c1-23-13-9-10-20(23)19-16-22(28-30(6,7)8)25(26)17-18(27-29(3,4)5)11-15-24(25,2)21(19)12-14-23/h18-22,26H,9-17H2,1-8H3/t18-,19-,20-,21-,22?,23-,24+,25-/m0/s1. The predicted octanol–water partition coefficient (Wildman–Crippen LogP) is 6.58. The minimum Gasteiger partial charge on any atom is -0.415 e. The lowest BCUT2D eigenvalue weighted by Crippen LogP contribution is -2.70. The summed E-state index contributed by atoms with van der Waals surface area (Å²) in [6, 6.07) is 0. The Morgan fingerprint density at radius 3 is 2.10 bits per heavy atom. The van der Waals surface area contributed by atoms with Crippen molar-refractivity contribution in [2.24, 2.45) is 28.6 Å². The van der Waals surface area contributed by atoms with Gasteiger partial charge in [0.2, 0.25) is 0 Å². The quantitative estimate of drug-likeness (QED) is 0.489. The zero-order chi connectivity index (χ0) is 22.2. The van der Waals surface area contributed by atoms with Crippen LogP contribution in [0.15, 0.2) is 0 Å². The maximum absolute atomic E-state index is 12.5. The fourth-order valence-electron chi connectivity index (χ4n) is 8.38. The van der Waals surface area contributed by atoms with Crippen LogP contribution >= 0.6 is 0 Å². The van der Waals surface area contributed by atoms with Crippen LogP contribution in [0.25, 0.3) is 0 Å². The largest absolute Gasteiger partial charge is 0.415 e. The number of fused-ring (bicyclic) bond motifs is 5. The highest BCUT2D eigenvalue weighted by Gasteiger charge is 2.67. The van der Waals surface area contributed by atoms with E-state index in [9.17, 15) is 5.11 Å². The molecule has 8 atom stereocenters. The topological polar surface area (TPSA) is 38.7 Å². The van der Waals surface area contributed by atoms with Crippen LogP contribution in [-0.4, -0.2) is 39.6 Å². The van der Waals surface area contributed by atoms with Gasteiger partial charge in [0.1, 0.15) is 0 Å². The second-order valence-electron chi connectivity index (χ2n) is 13.9. The molecule has 0 amide bonds. The molecule has 4 aliphatic rings. The smallest absolute Gasteiger partial charge is 0.184 e. The Labute approximate surface area is 188 Å². The Morgan fingerprint density at radius 1 is 0.800 bits per heavy atom. The third-order valence-electron chi connectivity index (χ3n) is 9.59. The predicted molar refractivity (Wildman–Crippen MR) is 130 cm³/mol. The Morgan fingerprint density at radius 2 is 1.47 bits per heavy atom. The molecule has 3 nitrogen and oxygen atoms in total. The number of aliphatic hydroxyl groups is 1. The first-order valence-corrected chi connectivity index (χ1v) is 19.6. The molecule has 1 N–H and O–H groups in total. The van der Waals surface area contributed by atoms with Gasteiger partial charge in [-0.2, -0.15) is 0 Å². The monoisotopic (exact) mass is 452 g/mol. The number of hydrogen-bond donors (Lipinski definition) is 1. The van der Waals surface area contributed by atoms with Crippen molar-refractivity contribution in [1.29, 1.82) is 0 Å². The Hall–Kier alpha value is 0.314. The average molecular weight is 453 g/mol. The van der Waals surface area contributed by atoms with Crippen LogP contribution < -0.4 is 0 Å². The van der Waals surface area contributed by atoms with Gasteiger partial charge in [-0.05, 0) is 107 Å². The SMILES string of the molecule is C[C@@]12CCC[C@H]1[C@@H]1CC(O[Si](C)(C)C)[C@@]3(O)C[C@@H](O[Si](C)(C)C)CC[C@]3(C)[C@H]1CC2. The van der Waals surface area contributed by atoms with Gasteiger partial charge in [-0.1, -0.05) is 20.3 Å². The Kier molecular flexibility index (Phi) is 5.80. The van der Waals surface area contributed by atoms with E-state index in [4.69, 9.17) is 8.85 Å². The van der Waals surface area contributed by atoms with Crippen LogP contribution in [0.4, 0.5) is 0 Å². The van der Waals surface area contributed by atoms with E-state index in [0.717, 1.165) is 37.5 Å². The van der Waals surface area contributed by atoms with Gasteiger partial charge in [0.25, 0.3) is 0 Å². The van der Waals surface area contributed by atoms with E-state index in [2.05, 4.69) is 53.1 Å². The molecule has 4 saturated carbocycles. The second-order valence-corrected chi connectivity index (χ2v) is 22.8. The van der Waals surface area contributed by atoms with E-state index < -0.39 is 22.2 Å². The van der Waals surface area contributed by atoms with Crippen LogP contribution in [0.5, 0.6) is 0 Å². The Balaban J connectivity index is 1.69. The molecule has 0 spiro atoms. The van der Waals surface area contributed by atoms with Crippen LogP contribution in [-0.2, 0) is 8.85 Å². The molecule has 30 heavy (non-hydrogen) atoms. The van der Waals surface area contributed by atoms with Crippen molar-refractivity contribution >= 4 is 16.6 Å². The van der Waals surface area contributed by atoms with Crippen LogP contribution in [0, 0.1) is 28.6 Å². The van der Waals surface area contributed by atoms with E-state index in [1.165, 1.54) is 32.1 Å². The lowest BCUT2D eigenvalue weighted by atomic mass is 9.43. The number of rotatable bonds is 4. The molecular weight excluding hydrogens is 404 g/mol.